The summed E-state index contributed by atoms with van der Waals surface area (Å²) in [7, 11) is 0. The summed E-state index contributed by atoms with van der Waals surface area (Å²) < 4.78 is 26.6. The maximum atomic E-state index is 13.5. The van der Waals surface area contributed by atoms with Gasteiger partial charge in [-0.25, -0.2) is 8.78 Å². The monoisotopic (exact) mass is 266 g/mol. The minimum Gasteiger partial charge on any atom is -0.204 e. The van der Waals surface area contributed by atoms with E-state index in [0.717, 1.165) is 17.2 Å². The first-order chi connectivity index (χ1) is 8.58. The Bertz CT molecular complexity index is 535. The van der Waals surface area contributed by atoms with Crippen molar-refractivity contribution in [1.29, 1.82) is 0 Å². The molecule has 0 heterocycles. The second kappa shape index (κ2) is 5.49. The van der Waals surface area contributed by atoms with E-state index >= 15 is 0 Å². The van der Waals surface area contributed by atoms with E-state index in [4.69, 9.17) is 11.6 Å². The summed E-state index contributed by atoms with van der Waals surface area (Å²) in [5.41, 5.74) is 2.35. The van der Waals surface area contributed by atoms with Crippen LogP contribution in [0.15, 0.2) is 42.5 Å². The van der Waals surface area contributed by atoms with Crippen molar-refractivity contribution in [2.75, 3.05) is 0 Å². The molecule has 94 valence electrons. The van der Waals surface area contributed by atoms with Gasteiger partial charge in [-0.1, -0.05) is 42.0 Å². The number of benzene rings is 2. The van der Waals surface area contributed by atoms with Gasteiger partial charge in [0.1, 0.15) is 0 Å². The second-order valence-electron chi connectivity index (χ2n) is 4.30. The standard InChI is InChI=1S/C15H13ClF2/c1-10-5-7-11(8-6-10)13(16)9-12-3-2-4-14(17)15(12)18/h2-8,13H,9H2,1H3. The Hall–Kier alpha value is -1.41. The van der Waals surface area contributed by atoms with Gasteiger partial charge in [0.05, 0.1) is 5.38 Å². The van der Waals surface area contributed by atoms with Gasteiger partial charge in [0, 0.05) is 0 Å². The Morgan fingerprint density at radius 3 is 2.39 bits per heavy atom. The van der Waals surface area contributed by atoms with Gasteiger partial charge < -0.3 is 0 Å². The van der Waals surface area contributed by atoms with E-state index in [9.17, 15) is 8.78 Å². The SMILES string of the molecule is Cc1ccc(C(Cl)Cc2cccc(F)c2F)cc1. The van der Waals surface area contributed by atoms with Gasteiger partial charge in [-0.3, -0.25) is 0 Å². The van der Waals surface area contributed by atoms with Crippen LogP contribution in [0.1, 0.15) is 22.1 Å². The van der Waals surface area contributed by atoms with Crippen LogP contribution < -0.4 is 0 Å². The van der Waals surface area contributed by atoms with Gasteiger partial charge in [0.15, 0.2) is 11.6 Å². The Balaban J connectivity index is 2.18. The summed E-state index contributed by atoms with van der Waals surface area (Å²) in [6.45, 7) is 1.99. The molecule has 0 aliphatic heterocycles. The maximum absolute atomic E-state index is 13.5. The van der Waals surface area contributed by atoms with Crippen molar-refractivity contribution in [3.05, 3.63) is 70.8 Å². The molecule has 0 radical (unpaired) electrons. The van der Waals surface area contributed by atoms with Crippen LogP contribution in [-0.4, -0.2) is 0 Å². The number of aryl methyl sites for hydroxylation is 1. The zero-order valence-corrected chi connectivity index (χ0v) is 10.7. The van der Waals surface area contributed by atoms with Crippen LogP contribution in [0, 0.1) is 18.6 Å². The van der Waals surface area contributed by atoms with Crippen molar-refractivity contribution in [3.63, 3.8) is 0 Å². The van der Waals surface area contributed by atoms with Crippen molar-refractivity contribution < 1.29 is 8.78 Å². The minimum absolute atomic E-state index is 0.272. The van der Waals surface area contributed by atoms with Crippen molar-refractivity contribution in [1.82, 2.24) is 0 Å². The van der Waals surface area contributed by atoms with Gasteiger partial charge >= 0.3 is 0 Å². The highest BCUT2D eigenvalue weighted by Crippen LogP contribution is 2.26. The van der Waals surface area contributed by atoms with E-state index in [1.807, 2.05) is 31.2 Å². The largest absolute Gasteiger partial charge is 0.204 e. The van der Waals surface area contributed by atoms with Crippen molar-refractivity contribution >= 4 is 11.6 Å². The topological polar surface area (TPSA) is 0 Å². The molecule has 0 nitrogen and oxygen atoms in total. The van der Waals surface area contributed by atoms with Crippen LogP contribution in [0.5, 0.6) is 0 Å². The number of hydrogen-bond donors (Lipinski definition) is 0. The molecule has 1 unspecified atom stereocenters. The average molecular weight is 267 g/mol. The molecule has 1 atom stereocenters. The predicted molar refractivity (Wildman–Crippen MR) is 69.8 cm³/mol. The molecule has 0 spiro atoms. The first kappa shape index (κ1) is 13.0. The summed E-state index contributed by atoms with van der Waals surface area (Å²) in [5.74, 6) is -1.64. The van der Waals surface area contributed by atoms with E-state index in [0.29, 0.717) is 5.56 Å². The van der Waals surface area contributed by atoms with Crippen LogP contribution in [0.3, 0.4) is 0 Å². The second-order valence-corrected chi connectivity index (χ2v) is 4.82. The summed E-state index contributed by atoms with van der Waals surface area (Å²) >= 11 is 6.23. The fourth-order valence-electron chi connectivity index (χ4n) is 1.79. The van der Waals surface area contributed by atoms with E-state index < -0.39 is 11.6 Å². The van der Waals surface area contributed by atoms with E-state index in [-0.39, 0.29) is 11.8 Å². The Kier molecular flexibility index (Phi) is 3.97. The number of halogens is 3. The molecule has 3 heteroatoms. The highest BCUT2D eigenvalue weighted by Gasteiger charge is 2.14. The first-order valence-corrected chi connectivity index (χ1v) is 6.15. The van der Waals surface area contributed by atoms with Crippen molar-refractivity contribution in [2.24, 2.45) is 0 Å². The minimum atomic E-state index is -0.833. The molecule has 0 aliphatic rings. The van der Waals surface area contributed by atoms with Crippen molar-refractivity contribution in [3.8, 4) is 0 Å². The van der Waals surface area contributed by atoms with Crippen LogP contribution in [-0.2, 0) is 6.42 Å². The number of hydrogen-bond acceptors (Lipinski definition) is 0. The smallest absolute Gasteiger partial charge is 0.162 e. The zero-order valence-electron chi connectivity index (χ0n) is 9.96. The molecule has 2 aromatic carbocycles. The lowest BCUT2D eigenvalue weighted by molar-refractivity contribution is 0.498. The molecular formula is C15H13ClF2. The zero-order chi connectivity index (χ0) is 13.1. The molecule has 0 saturated heterocycles. The van der Waals surface area contributed by atoms with Crippen LogP contribution in [0.2, 0.25) is 0 Å². The van der Waals surface area contributed by atoms with Gasteiger partial charge in [-0.2, -0.15) is 0 Å². The lowest BCUT2D eigenvalue weighted by Gasteiger charge is -2.11. The fourth-order valence-corrected chi connectivity index (χ4v) is 2.10. The molecule has 2 aromatic rings. The lowest BCUT2D eigenvalue weighted by atomic mass is 10.0. The van der Waals surface area contributed by atoms with Gasteiger partial charge in [0.2, 0.25) is 0 Å². The summed E-state index contributed by atoms with van der Waals surface area (Å²) in [6, 6.07) is 11.9. The third kappa shape index (κ3) is 2.88. The molecule has 0 aromatic heterocycles. The maximum Gasteiger partial charge on any atom is 0.162 e. The van der Waals surface area contributed by atoms with Crippen molar-refractivity contribution in [2.45, 2.75) is 18.7 Å². The van der Waals surface area contributed by atoms with E-state index in [1.165, 1.54) is 6.07 Å². The van der Waals surface area contributed by atoms with E-state index in [2.05, 4.69) is 0 Å². The molecule has 0 fully saturated rings. The third-order valence-corrected chi connectivity index (χ3v) is 3.28. The predicted octanol–water partition coefficient (Wildman–Crippen LogP) is 4.80. The molecule has 0 aliphatic carbocycles. The van der Waals surface area contributed by atoms with Gasteiger partial charge in [-0.15, -0.1) is 11.6 Å². The Morgan fingerprint density at radius 1 is 1.06 bits per heavy atom. The van der Waals surface area contributed by atoms with Gasteiger partial charge in [0.25, 0.3) is 0 Å². The molecule has 0 bridgehead atoms. The summed E-state index contributed by atoms with van der Waals surface area (Å²) in [6.07, 6.45) is 0.272. The molecule has 0 amide bonds. The number of rotatable bonds is 3. The Morgan fingerprint density at radius 2 is 1.72 bits per heavy atom. The van der Waals surface area contributed by atoms with Crippen LogP contribution >= 0.6 is 11.6 Å². The highest BCUT2D eigenvalue weighted by atomic mass is 35.5. The fraction of sp³-hybridized carbons (Fsp3) is 0.200. The average Bonchev–Trinajstić information content (AvgIpc) is 2.36. The molecule has 2 rings (SSSR count). The first-order valence-electron chi connectivity index (χ1n) is 5.71. The molecule has 18 heavy (non-hydrogen) atoms. The van der Waals surface area contributed by atoms with Crippen LogP contribution in [0.25, 0.3) is 0 Å². The molecular weight excluding hydrogens is 254 g/mol. The van der Waals surface area contributed by atoms with E-state index in [1.54, 1.807) is 6.07 Å². The van der Waals surface area contributed by atoms with Crippen LogP contribution in [0.4, 0.5) is 8.78 Å². The number of alkyl halides is 1. The summed E-state index contributed by atoms with van der Waals surface area (Å²) in [5, 5.41) is -0.359. The highest BCUT2D eigenvalue weighted by molar-refractivity contribution is 6.20. The quantitative estimate of drug-likeness (QED) is 0.701. The summed E-state index contributed by atoms with van der Waals surface area (Å²) in [4.78, 5) is 0. The normalized spacial score (nSPS) is 12.4. The van der Waals surface area contributed by atoms with Gasteiger partial charge in [-0.05, 0) is 30.5 Å². The lowest BCUT2D eigenvalue weighted by Crippen LogP contribution is -2.00. The molecule has 0 saturated carbocycles. The molecule has 0 N–H and O–H groups in total. The third-order valence-electron chi connectivity index (χ3n) is 2.87. The Labute approximate surface area is 110 Å².